The lowest BCUT2D eigenvalue weighted by molar-refractivity contribution is 0.122. The highest BCUT2D eigenvalue weighted by molar-refractivity contribution is 5.40. The summed E-state index contributed by atoms with van der Waals surface area (Å²) in [5.74, 6) is 0.0650. The van der Waals surface area contributed by atoms with Crippen molar-refractivity contribution in [3.05, 3.63) is 17.8 Å². The van der Waals surface area contributed by atoms with Crippen molar-refractivity contribution in [3.63, 3.8) is 0 Å². The van der Waals surface area contributed by atoms with Gasteiger partial charge in [0.2, 0.25) is 0 Å². The Morgan fingerprint density at radius 2 is 2.07 bits per heavy atom. The molecule has 0 aromatic carbocycles. The second-order valence-corrected chi connectivity index (χ2v) is 3.20. The molecule has 0 N–H and O–H groups in total. The lowest BCUT2D eigenvalue weighted by atomic mass is 10.3. The number of halogens is 1. The Bertz CT molecular complexity index is 326. The molecule has 1 aliphatic heterocycles. The molecular weight excluding hydrogens is 185 g/mol. The first kappa shape index (κ1) is 9.33. The molecule has 1 aromatic rings. The Balaban J connectivity index is 2.26. The molecule has 4 nitrogen and oxygen atoms in total. The van der Waals surface area contributed by atoms with Crippen LogP contribution in [0.15, 0.2) is 6.33 Å². The second kappa shape index (κ2) is 3.88. The molecule has 0 unspecified atom stereocenters. The number of aromatic nitrogens is 2. The van der Waals surface area contributed by atoms with Gasteiger partial charge in [-0.1, -0.05) is 0 Å². The van der Waals surface area contributed by atoms with E-state index in [1.165, 1.54) is 6.33 Å². The van der Waals surface area contributed by atoms with Crippen LogP contribution >= 0.6 is 0 Å². The maximum atomic E-state index is 13.6. The van der Waals surface area contributed by atoms with E-state index in [9.17, 15) is 4.39 Å². The monoisotopic (exact) mass is 197 g/mol. The number of hydrogen-bond donors (Lipinski definition) is 0. The van der Waals surface area contributed by atoms with E-state index in [0.717, 1.165) is 0 Å². The number of aryl methyl sites for hydroxylation is 1. The van der Waals surface area contributed by atoms with E-state index in [1.807, 2.05) is 4.90 Å². The van der Waals surface area contributed by atoms with Gasteiger partial charge in [0.05, 0.1) is 18.9 Å². The van der Waals surface area contributed by atoms with Gasteiger partial charge in [0, 0.05) is 13.1 Å². The minimum absolute atomic E-state index is 0.325. The average Bonchev–Trinajstić information content (AvgIpc) is 2.23. The molecule has 0 spiro atoms. The van der Waals surface area contributed by atoms with Gasteiger partial charge < -0.3 is 9.64 Å². The fourth-order valence-corrected chi connectivity index (χ4v) is 1.44. The second-order valence-electron chi connectivity index (χ2n) is 3.20. The topological polar surface area (TPSA) is 38.2 Å². The predicted octanol–water partition coefficient (Wildman–Crippen LogP) is 0.761. The molecule has 1 aliphatic rings. The van der Waals surface area contributed by atoms with Crippen molar-refractivity contribution in [1.82, 2.24) is 9.97 Å². The van der Waals surface area contributed by atoms with E-state index < -0.39 is 0 Å². The largest absolute Gasteiger partial charge is 0.378 e. The number of nitrogens with zero attached hydrogens (tertiary/aromatic N) is 3. The van der Waals surface area contributed by atoms with Crippen molar-refractivity contribution >= 4 is 5.82 Å². The first-order chi connectivity index (χ1) is 6.79. The van der Waals surface area contributed by atoms with E-state index in [4.69, 9.17) is 4.74 Å². The van der Waals surface area contributed by atoms with Crippen LogP contribution in [0.25, 0.3) is 0 Å². The minimum atomic E-state index is -0.325. The van der Waals surface area contributed by atoms with Crippen molar-refractivity contribution in [2.45, 2.75) is 6.92 Å². The zero-order chi connectivity index (χ0) is 9.97. The molecule has 1 fully saturated rings. The summed E-state index contributed by atoms with van der Waals surface area (Å²) in [5.41, 5.74) is 0.390. The Morgan fingerprint density at radius 3 is 2.79 bits per heavy atom. The van der Waals surface area contributed by atoms with Gasteiger partial charge in [-0.3, -0.25) is 0 Å². The van der Waals surface area contributed by atoms with Gasteiger partial charge in [0.15, 0.2) is 11.6 Å². The minimum Gasteiger partial charge on any atom is -0.378 e. The molecule has 5 heteroatoms. The van der Waals surface area contributed by atoms with Crippen LogP contribution in [0.4, 0.5) is 10.2 Å². The van der Waals surface area contributed by atoms with Gasteiger partial charge in [-0.2, -0.15) is 0 Å². The van der Waals surface area contributed by atoms with Crippen molar-refractivity contribution in [1.29, 1.82) is 0 Å². The Morgan fingerprint density at radius 1 is 1.36 bits per heavy atom. The van der Waals surface area contributed by atoms with Crippen LogP contribution in [-0.2, 0) is 4.74 Å². The summed E-state index contributed by atoms with van der Waals surface area (Å²) in [6.07, 6.45) is 1.39. The molecule has 1 aromatic heterocycles. The summed E-state index contributed by atoms with van der Waals surface area (Å²) in [6, 6.07) is 0. The van der Waals surface area contributed by atoms with Gasteiger partial charge >= 0.3 is 0 Å². The molecule has 76 valence electrons. The van der Waals surface area contributed by atoms with Crippen molar-refractivity contribution < 1.29 is 9.13 Å². The number of morpholine rings is 1. The van der Waals surface area contributed by atoms with Crippen molar-refractivity contribution in [2.75, 3.05) is 31.2 Å². The number of hydrogen-bond acceptors (Lipinski definition) is 4. The van der Waals surface area contributed by atoms with E-state index >= 15 is 0 Å². The number of rotatable bonds is 1. The molecule has 0 atom stereocenters. The molecule has 2 rings (SSSR count). The SMILES string of the molecule is Cc1ncnc(N2CCOCC2)c1F. The fourth-order valence-electron chi connectivity index (χ4n) is 1.44. The first-order valence-corrected chi connectivity index (χ1v) is 4.59. The Labute approximate surface area is 81.7 Å². The molecule has 2 heterocycles. The summed E-state index contributed by atoms with van der Waals surface area (Å²) in [5, 5.41) is 0. The molecule has 0 radical (unpaired) electrons. The molecule has 0 bridgehead atoms. The summed E-state index contributed by atoms with van der Waals surface area (Å²) in [6.45, 7) is 4.27. The van der Waals surface area contributed by atoms with E-state index in [0.29, 0.717) is 37.8 Å². The van der Waals surface area contributed by atoms with Gasteiger partial charge in [0.25, 0.3) is 0 Å². The van der Waals surface area contributed by atoms with E-state index in [1.54, 1.807) is 6.92 Å². The average molecular weight is 197 g/mol. The lowest BCUT2D eigenvalue weighted by Gasteiger charge is -2.27. The lowest BCUT2D eigenvalue weighted by Crippen LogP contribution is -2.37. The van der Waals surface area contributed by atoms with E-state index in [-0.39, 0.29) is 5.82 Å². The Hall–Kier alpha value is -1.23. The van der Waals surface area contributed by atoms with Crippen LogP contribution in [0, 0.1) is 12.7 Å². The molecule has 0 aliphatic carbocycles. The molecule has 0 saturated carbocycles. The molecule has 0 amide bonds. The number of anilines is 1. The van der Waals surface area contributed by atoms with Crippen LogP contribution < -0.4 is 4.90 Å². The smallest absolute Gasteiger partial charge is 0.186 e. The van der Waals surface area contributed by atoms with Crippen LogP contribution in [0.2, 0.25) is 0 Å². The first-order valence-electron chi connectivity index (χ1n) is 4.59. The van der Waals surface area contributed by atoms with Gasteiger partial charge in [-0.05, 0) is 6.92 Å². The maximum Gasteiger partial charge on any atom is 0.186 e. The predicted molar refractivity (Wildman–Crippen MR) is 49.8 cm³/mol. The maximum absolute atomic E-state index is 13.6. The highest BCUT2D eigenvalue weighted by Gasteiger charge is 2.17. The van der Waals surface area contributed by atoms with Gasteiger partial charge in [-0.15, -0.1) is 0 Å². The van der Waals surface area contributed by atoms with Crippen molar-refractivity contribution in [3.8, 4) is 0 Å². The quantitative estimate of drug-likeness (QED) is 0.666. The summed E-state index contributed by atoms with van der Waals surface area (Å²) >= 11 is 0. The van der Waals surface area contributed by atoms with E-state index in [2.05, 4.69) is 9.97 Å². The van der Waals surface area contributed by atoms with Crippen LogP contribution in [0.5, 0.6) is 0 Å². The third-order valence-electron chi connectivity index (χ3n) is 2.26. The standard InChI is InChI=1S/C9H12FN3O/c1-7-8(10)9(12-6-11-7)13-2-4-14-5-3-13/h6H,2-5H2,1H3. The molecule has 14 heavy (non-hydrogen) atoms. The van der Waals surface area contributed by atoms with Crippen LogP contribution in [0.1, 0.15) is 5.69 Å². The van der Waals surface area contributed by atoms with Gasteiger partial charge in [-0.25, -0.2) is 14.4 Å². The normalized spacial score (nSPS) is 17.1. The zero-order valence-corrected chi connectivity index (χ0v) is 8.03. The summed E-state index contributed by atoms with van der Waals surface area (Å²) in [4.78, 5) is 9.62. The van der Waals surface area contributed by atoms with Crippen molar-refractivity contribution in [2.24, 2.45) is 0 Å². The Kier molecular flexibility index (Phi) is 2.58. The fraction of sp³-hybridized carbons (Fsp3) is 0.556. The van der Waals surface area contributed by atoms with Crippen LogP contribution in [-0.4, -0.2) is 36.3 Å². The third-order valence-corrected chi connectivity index (χ3v) is 2.26. The molecular formula is C9H12FN3O. The summed E-state index contributed by atoms with van der Waals surface area (Å²) < 4.78 is 18.8. The molecule has 1 saturated heterocycles. The summed E-state index contributed by atoms with van der Waals surface area (Å²) in [7, 11) is 0. The third kappa shape index (κ3) is 1.68. The highest BCUT2D eigenvalue weighted by Crippen LogP contribution is 2.17. The zero-order valence-electron chi connectivity index (χ0n) is 8.03. The van der Waals surface area contributed by atoms with Gasteiger partial charge in [0.1, 0.15) is 6.33 Å². The van der Waals surface area contributed by atoms with Crippen LogP contribution in [0.3, 0.4) is 0 Å². The number of ether oxygens (including phenoxy) is 1. The highest BCUT2D eigenvalue weighted by atomic mass is 19.1.